The summed E-state index contributed by atoms with van der Waals surface area (Å²) in [6.07, 6.45) is 1.72. The van der Waals surface area contributed by atoms with Gasteiger partial charge in [-0.1, -0.05) is 37.3 Å². The lowest BCUT2D eigenvalue weighted by atomic mass is 10.1. The van der Waals surface area contributed by atoms with E-state index < -0.39 is 6.04 Å². The maximum atomic E-state index is 13.0. The topological polar surface area (TPSA) is 67.9 Å². The van der Waals surface area contributed by atoms with Crippen LogP contribution < -0.4 is 14.8 Å². The number of amides is 2. The molecule has 1 N–H and O–H groups in total. The maximum Gasteiger partial charge on any atom is 0.242 e. The number of rotatable bonds is 12. The van der Waals surface area contributed by atoms with Crippen molar-refractivity contribution in [2.45, 2.75) is 58.7 Å². The highest BCUT2D eigenvalue weighted by Gasteiger charge is 2.26. The first-order chi connectivity index (χ1) is 14.9. The number of carbonyl (C=O) groups is 2. The van der Waals surface area contributed by atoms with E-state index in [4.69, 9.17) is 9.47 Å². The van der Waals surface area contributed by atoms with E-state index in [9.17, 15) is 9.59 Å². The van der Waals surface area contributed by atoms with E-state index in [1.807, 2.05) is 68.4 Å². The second-order valence-electron chi connectivity index (χ2n) is 7.63. The molecule has 0 saturated carbocycles. The van der Waals surface area contributed by atoms with Crippen LogP contribution in [0.3, 0.4) is 0 Å². The molecule has 2 amide bonds. The van der Waals surface area contributed by atoms with Crippen LogP contribution in [0.25, 0.3) is 0 Å². The summed E-state index contributed by atoms with van der Waals surface area (Å²) in [5.41, 5.74) is 0.942. The van der Waals surface area contributed by atoms with Crippen LogP contribution in [0.5, 0.6) is 11.5 Å². The first kappa shape index (κ1) is 24.3. The maximum absolute atomic E-state index is 13.0. The quantitative estimate of drug-likeness (QED) is 0.517. The summed E-state index contributed by atoms with van der Waals surface area (Å²) in [5.74, 6) is 1.32. The fourth-order valence-corrected chi connectivity index (χ4v) is 3.05. The van der Waals surface area contributed by atoms with Gasteiger partial charge in [0.2, 0.25) is 11.8 Å². The standard InChI is InChI=1S/C25H34N2O4/c1-5-19(2)26-25(29)20(3)27(18-21-13-15-22(30-4)16-14-21)24(28)12-9-17-31-23-10-7-6-8-11-23/h6-8,10-11,13-16,19-20H,5,9,12,17-18H2,1-4H3,(H,26,29)/t19-,20+/m0/s1. The van der Waals surface area contributed by atoms with Gasteiger partial charge in [-0.05, 0) is 56.5 Å². The fraction of sp³-hybridized carbons (Fsp3) is 0.440. The highest BCUT2D eigenvalue weighted by Crippen LogP contribution is 2.16. The van der Waals surface area contributed by atoms with E-state index in [-0.39, 0.29) is 17.9 Å². The predicted molar refractivity (Wildman–Crippen MR) is 122 cm³/mol. The van der Waals surface area contributed by atoms with Gasteiger partial charge < -0.3 is 19.7 Å². The number of benzene rings is 2. The molecule has 0 unspecified atom stereocenters. The van der Waals surface area contributed by atoms with Crippen LogP contribution in [0.15, 0.2) is 54.6 Å². The molecule has 0 aliphatic rings. The smallest absolute Gasteiger partial charge is 0.242 e. The molecule has 0 radical (unpaired) electrons. The Morgan fingerprint density at radius 2 is 1.68 bits per heavy atom. The zero-order valence-corrected chi connectivity index (χ0v) is 19.0. The molecule has 2 aromatic carbocycles. The number of methoxy groups -OCH3 is 1. The zero-order valence-electron chi connectivity index (χ0n) is 19.0. The van der Waals surface area contributed by atoms with Gasteiger partial charge in [-0.15, -0.1) is 0 Å². The minimum atomic E-state index is -0.571. The molecule has 0 spiro atoms. The van der Waals surface area contributed by atoms with Gasteiger partial charge in [0.1, 0.15) is 17.5 Å². The minimum Gasteiger partial charge on any atom is -0.497 e. The Labute approximate surface area is 185 Å². The van der Waals surface area contributed by atoms with E-state index in [0.29, 0.717) is 26.0 Å². The SMILES string of the molecule is CC[C@H](C)NC(=O)[C@@H](C)N(Cc1ccc(OC)cc1)C(=O)CCCOc1ccccc1. The lowest BCUT2D eigenvalue weighted by Gasteiger charge is -2.30. The Morgan fingerprint density at radius 1 is 1.00 bits per heavy atom. The Balaban J connectivity index is 2.01. The number of ether oxygens (including phenoxy) is 2. The van der Waals surface area contributed by atoms with Gasteiger partial charge in [0.15, 0.2) is 0 Å². The molecule has 2 aromatic rings. The normalized spacial score (nSPS) is 12.5. The number of para-hydroxylation sites is 1. The molecule has 168 valence electrons. The van der Waals surface area contributed by atoms with Crippen LogP contribution in [-0.4, -0.2) is 42.5 Å². The van der Waals surface area contributed by atoms with E-state index in [1.165, 1.54) is 0 Å². The van der Waals surface area contributed by atoms with Crippen LogP contribution in [-0.2, 0) is 16.1 Å². The van der Waals surface area contributed by atoms with Gasteiger partial charge in [0.05, 0.1) is 13.7 Å². The highest BCUT2D eigenvalue weighted by molar-refractivity contribution is 5.87. The zero-order chi connectivity index (χ0) is 22.6. The fourth-order valence-electron chi connectivity index (χ4n) is 3.05. The van der Waals surface area contributed by atoms with Crippen LogP contribution >= 0.6 is 0 Å². The molecule has 0 saturated heterocycles. The molecule has 0 heterocycles. The van der Waals surface area contributed by atoms with Crippen molar-refractivity contribution in [1.29, 1.82) is 0 Å². The third-order valence-corrected chi connectivity index (χ3v) is 5.23. The van der Waals surface area contributed by atoms with E-state index in [2.05, 4.69) is 5.32 Å². The van der Waals surface area contributed by atoms with E-state index in [1.54, 1.807) is 18.9 Å². The third kappa shape index (κ3) is 7.96. The average Bonchev–Trinajstić information content (AvgIpc) is 2.80. The van der Waals surface area contributed by atoms with Gasteiger partial charge in [0, 0.05) is 19.0 Å². The molecule has 0 bridgehead atoms. The van der Waals surface area contributed by atoms with Gasteiger partial charge in [-0.2, -0.15) is 0 Å². The summed E-state index contributed by atoms with van der Waals surface area (Å²) in [5, 5.41) is 2.98. The summed E-state index contributed by atoms with van der Waals surface area (Å²) >= 11 is 0. The summed E-state index contributed by atoms with van der Waals surface area (Å²) in [6.45, 7) is 6.56. The number of carbonyl (C=O) groups excluding carboxylic acids is 2. The van der Waals surface area contributed by atoms with Crippen LogP contribution in [0, 0.1) is 0 Å². The van der Waals surface area contributed by atoms with Gasteiger partial charge in [-0.3, -0.25) is 9.59 Å². The molecule has 0 aromatic heterocycles. The largest absolute Gasteiger partial charge is 0.497 e. The van der Waals surface area contributed by atoms with Gasteiger partial charge >= 0.3 is 0 Å². The number of nitrogens with zero attached hydrogens (tertiary/aromatic N) is 1. The minimum absolute atomic E-state index is 0.0622. The van der Waals surface area contributed by atoms with E-state index >= 15 is 0 Å². The summed E-state index contributed by atoms with van der Waals surface area (Å²) in [7, 11) is 1.61. The number of hydrogen-bond donors (Lipinski definition) is 1. The van der Waals surface area contributed by atoms with Gasteiger partial charge in [0.25, 0.3) is 0 Å². The Morgan fingerprint density at radius 3 is 2.29 bits per heavy atom. The van der Waals surface area contributed by atoms with Crippen LogP contribution in [0.1, 0.15) is 45.6 Å². The third-order valence-electron chi connectivity index (χ3n) is 5.23. The Hall–Kier alpha value is -3.02. The van der Waals surface area contributed by atoms with Gasteiger partial charge in [-0.25, -0.2) is 0 Å². The predicted octanol–water partition coefficient (Wildman–Crippen LogP) is 4.19. The van der Waals surface area contributed by atoms with Crippen molar-refractivity contribution in [3.05, 3.63) is 60.2 Å². The van der Waals surface area contributed by atoms with Crippen molar-refractivity contribution in [2.75, 3.05) is 13.7 Å². The van der Waals surface area contributed by atoms with Crippen molar-refractivity contribution < 1.29 is 19.1 Å². The summed E-state index contributed by atoms with van der Waals surface area (Å²) < 4.78 is 10.9. The lowest BCUT2D eigenvalue weighted by Crippen LogP contribution is -2.49. The molecule has 6 nitrogen and oxygen atoms in total. The van der Waals surface area contributed by atoms with Crippen LogP contribution in [0.4, 0.5) is 0 Å². The second-order valence-corrected chi connectivity index (χ2v) is 7.63. The lowest BCUT2D eigenvalue weighted by molar-refractivity contribution is -0.141. The summed E-state index contributed by atoms with van der Waals surface area (Å²) in [6, 6.07) is 16.6. The molecular formula is C25H34N2O4. The molecule has 2 atom stereocenters. The number of hydrogen-bond acceptors (Lipinski definition) is 4. The average molecular weight is 427 g/mol. The number of nitrogens with one attached hydrogen (secondary N) is 1. The Kier molecular flexibility index (Phi) is 9.88. The van der Waals surface area contributed by atoms with Crippen molar-refractivity contribution in [1.82, 2.24) is 10.2 Å². The second kappa shape index (κ2) is 12.6. The van der Waals surface area contributed by atoms with Crippen molar-refractivity contribution in [2.24, 2.45) is 0 Å². The molecule has 6 heteroatoms. The Bertz CT molecular complexity index is 808. The van der Waals surface area contributed by atoms with Crippen molar-refractivity contribution >= 4 is 11.8 Å². The monoisotopic (exact) mass is 426 g/mol. The molecule has 0 fully saturated rings. The molecular weight excluding hydrogens is 392 g/mol. The molecule has 0 aliphatic carbocycles. The van der Waals surface area contributed by atoms with Crippen molar-refractivity contribution in [3.8, 4) is 11.5 Å². The van der Waals surface area contributed by atoms with E-state index in [0.717, 1.165) is 23.5 Å². The molecule has 31 heavy (non-hydrogen) atoms. The molecule has 0 aliphatic heterocycles. The summed E-state index contributed by atoms with van der Waals surface area (Å²) in [4.78, 5) is 27.4. The van der Waals surface area contributed by atoms with Crippen LogP contribution in [0.2, 0.25) is 0 Å². The first-order valence-electron chi connectivity index (χ1n) is 10.8. The van der Waals surface area contributed by atoms with Crippen molar-refractivity contribution in [3.63, 3.8) is 0 Å². The molecule has 2 rings (SSSR count). The first-order valence-corrected chi connectivity index (χ1v) is 10.8. The highest BCUT2D eigenvalue weighted by atomic mass is 16.5.